The number of hydrogen-bond donors (Lipinski definition) is 0. The van der Waals surface area contributed by atoms with E-state index in [-0.39, 0.29) is 0 Å². The summed E-state index contributed by atoms with van der Waals surface area (Å²) in [5.74, 6) is 3.47. The predicted molar refractivity (Wildman–Crippen MR) is 103 cm³/mol. The molecule has 1 saturated heterocycles. The lowest BCUT2D eigenvalue weighted by molar-refractivity contribution is 0.193. The monoisotopic (exact) mass is 365 g/mol. The first kappa shape index (κ1) is 17.9. The second kappa shape index (κ2) is 7.60. The number of pyridine rings is 1. The largest absolute Gasteiger partial charge is 0.328 e. The zero-order chi connectivity index (χ0) is 18.8. The zero-order valence-electron chi connectivity index (χ0n) is 16.3. The molecule has 1 aliphatic heterocycles. The van der Waals surface area contributed by atoms with Gasteiger partial charge in [0.15, 0.2) is 5.82 Å². The van der Waals surface area contributed by atoms with Crippen molar-refractivity contribution in [2.45, 2.75) is 45.7 Å². The summed E-state index contributed by atoms with van der Waals surface area (Å²) in [5.41, 5.74) is 2.22. The van der Waals surface area contributed by atoms with Crippen molar-refractivity contribution in [2.24, 2.45) is 7.05 Å². The number of piperidine rings is 1. The van der Waals surface area contributed by atoms with Crippen molar-refractivity contribution >= 4 is 0 Å². The van der Waals surface area contributed by atoms with Gasteiger partial charge in [-0.15, -0.1) is 10.2 Å². The molecule has 0 N–H and O–H groups in total. The Bertz CT molecular complexity index is 911. The highest BCUT2D eigenvalue weighted by atomic mass is 15.3. The third-order valence-corrected chi connectivity index (χ3v) is 5.44. The maximum atomic E-state index is 4.65. The summed E-state index contributed by atoms with van der Waals surface area (Å²) >= 11 is 0. The summed E-state index contributed by atoms with van der Waals surface area (Å²) in [6, 6.07) is 6.25. The van der Waals surface area contributed by atoms with Gasteiger partial charge in [-0.25, -0.2) is 4.98 Å². The first-order valence-electron chi connectivity index (χ1n) is 9.61. The van der Waals surface area contributed by atoms with E-state index in [9.17, 15) is 0 Å². The van der Waals surface area contributed by atoms with Crippen LogP contribution in [0.25, 0.3) is 0 Å². The third kappa shape index (κ3) is 3.93. The second-order valence-electron chi connectivity index (χ2n) is 7.48. The zero-order valence-corrected chi connectivity index (χ0v) is 16.3. The van der Waals surface area contributed by atoms with Gasteiger partial charge in [-0.3, -0.25) is 9.88 Å². The van der Waals surface area contributed by atoms with Crippen LogP contribution in [0.1, 0.15) is 47.6 Å². The van der Waals surface area contributed by atoms with Crippen LogP contribution in [-0.4, -0.2) is 47.3 Å². The maximum absolute atomic E-state index is 4.65. The number of rotatable bonds is 5. The van der Waals surface area contributed by atoms with Gasteiger partial charge in [0.05, 0.1) is 12.2 Å². The topological polar surface area (TPSA) is 64.7 Å². The van der Waals surface area contributed by atoms with Gasteiger partial charge in [-0.05, 0) is 45.4 Å². The summed E-state index contributed by atoms with van der Waals surface area (Å²) in [4.78, 5) is 11.4. The Morgan fingerprint density at radius 3 is 2.81 bits per heavy atom. The highest BCUT2D eigenvalue weighted by molar-refractivity contribution is 5.11. The van der Waals surface area contributed by atoms with Crippen molar-refractivity contribution in [3.05, 3.63) is 59.5 Å². The molecule has 0 radical (unpaired) electrons. The molecule has 0 aromatic carbocycles. The van der Waals surface area contributed by atoms with Crippen molar-refractivity contribution in [2.75, 3.05) is 13.1 Å². The van der Waals surface area contributed by atoms with E-state index in [0.29, 0.717) is 12.5 Å². The molecule has 3 aromatic rings. The fourth-order valence-electron chi connectivity index (χ4n) is 3.92. The van der Waals surface area contributed by atoms with Crippen LogP contribution >= 0.6 is 0 Å². The normalized spacial score (nSPS) is 18.1. The van der Waals surface area contributed by atoms with Crippen LogP contribution in [0.3, 0.4) is 0 Å². The Hall–Kier alpha value is -2.54. The molecule has 7 nitrogen and oxygen atoms in total. The van der Waals surface area contributed by atoms with Crippen molar-refractivity contribution in [1.82, 2.24) is 34.2 Å². The van der Waals surface area contributed by atoms with E-state index in [4.69, 9.17) is 0 Å². The summed E-state index contributed by atoms with van der Waals surface area (Å²) in [6.07, 6.45) is 6.15. The minimum atomic E-state index is 0.415. The number of nitrogens with zero attached hydrogens (tertiary/aromatic N) is 7. The molecule has 1 fully saturated rings. The summed E-state index contributed by atoms with van der Waals surface area (Å²) in [7, 11) is 2.08. The van der Waals surface area contributed by atoms with E-state index in [0.717, 1.165) is 54.9 Å². The molecule has 0 bridgehead atoms. The molecule has 0 aliphatic carbocycles. The standard InChI is InChI=1S/C20H27N7/c1-15-6-4-8-18(22-15)13-26-10-5-7-17(12-26)20-24-23-19(25(20)3)14-27-11-9-21-16(27)2/h4,6,8-9,11,17H,5,7,10,12-14H2,1-3H3. The molecule has 3 aromatic heterocycles. The average molecular weight is 365 g/mol. The van der Waals surface area contributed by atoms with E-state index < -0.39 is 0 Å². The summed E-state index contributed by atoms with van der Waals surface area (Å²) in [5, 5.41) is 9.00. The molecule has 0 saturated carbocycles. The Kier molecular flexibility index (Phi) is 5.03. The fraction of sp³-hybridized carbons (Fsp3) is 0.500. The molecule has 1 unspecified atom stereocenters. The molecule has 1 atom stereocenters. The second-order valence-corrected chi connectivity index (χ2v) is 7.48. The Labute approximate surface area is 160 Å². The van der Waals surface area contributed by atoms with Gasteiger partial charge < -0.3 is 9.13 Å². The Morgan fingerprint density at radius 2 is 2.04 bits per heavy atom. The van der Waals surface area contributed by atoms with Gasteiger partial charge in [-0.1, -0.05) is 6.07 Å². The highest BCUT2D eigenvalue weighted by Crippen LogP contribution is 2.26. The smallest absolute Gasteiger partial charge is 0.152 e. The SMILES string of the molecule is Cc1cccc(CN2CCCC(c3nnc(Cn4ccnc4C)n3C)C2)n1. The first-order chi connectivity index (χ1) is 13.1. The average Bonchev–Trinajstić information content (AvgIpc) is 3.22. The van der Waals surface area contributed by atoms with Crippen molar-refractivity contribution in [3.8, 4) is 0 Å². The number of imidazole rings is 1. The molecule has 27 heavy (non-hydrogen) atoms. The van der Waals surface area contributed by atoms with Crippen molar-refractivity contribution < 1.29 is 0 Å². The first-order valence-corrected chi connectivity index (χ1v) is 9.61. The Morgan fingerprint density at radius 1 is 1.15 bits per heavy atom. The highest BCUT2D eigenvalue weighted by Gasteiger charge is 2.26. The lowest BCUT2D eigenvalue weighted by Gasteiger charge is -2.32. The number of aromatic nitrogens is 6. The van der Waals surface area contributed by atoms with E-state index in [1.807, 2.05) is 32.3 Å². The van der Waals surface area contributed by atoms with Crippen LogP contribution in [0.5, 0.6) is 0 Å². The summed E-state index contributed by atoms with van der Waals surface area (Å²) in [6.45, 7) is 7.79. The molecular formula is C20H27N7. The van der Waals surface area contributed by atoms with Gasteiger partial charge in [0.25, 0.3) is 0 Å². The van der Waals surface area contributed by atoms with Crippen LogP contribution < -0.4 is 0 Å². The van der Waals surface area contributed by atoms with Gasteiger partial charge in [0.1, 0.15) is 11.6 Å². The predicted octanol–water partition coefficient (Wildman–Crippen LogP) is 2.45. The molecule has 7 heteroatoms. The maximum Gasteiger partial charge on any atom is 0.152 e. The van der Waals surface area contributed by atoms with Gasteiger partial charge in [-0.2, -0.15) is 0 Å². The van der Waals surface area contributed by atoms with Crippen LogP contribution in [0.4, 0.5) is 0 Å². The fourth-order valence-corrected chi connectivity index (χ4v) is 3.92. The number of hydrogen-bond acceptors (Lipinski definition) is 5. The number of likely N-dealkylation sites (tertiary alicyclic amines) is 1. The van der Waals surface area contributed by atoms with Crippen LogP contribution in [0.15, 0.2) is 30.6 Å². The molecule has 0 amide bonds. The van der Waals surface area contributed by atoms with Gasteiger partial charge in [0, 0.05) is 44.1 Å². The van der Waals surface area contributed by atoms with Crippen molar-refractivity contribution in [3.63, 3.8) is 0 Å². The Balaban J connectivity index is 1.46. The van der Waals surface area contributed by atoms with Crippen LogP contribution in [0, 0.1) is 13.8 Å². The molecule has 4 rings (SSSR count). The van der Waals surface area contributed by atoms with Crippen LogP contribution in [0.2, 0.25) is 0 Å². The quantitative estimate of drug-likeness (QED) is 0.695. The lowest BCUT2D eigenvalue weighted by atomic mass is 9.97. The molecule has 0 spiro atoms. The van der Waals surface area contributed by atoms with E-state index in [2.05, 4.69) is 53.4 Å². The molecular weight excluding hydrogens is 338 g/mol. The van der Waals surface area contributed by atoms with E-state index in [1.165, 1.54) is 6.42 Å². The lowest BCUT2D eigenvalue weighted by Crippen LogP contribution is -2.35. The van der Waals surface area contributed by atoms with Crippen molar-refractivity contribution in [1.29, 1.82) is 0 Å². The van der Waals surface area contributed by atoms with Gasteiger partial charge in [0.2, 0.25) is 0 Å². The van der Waals surface area contributed by atoms with Gasteiger partial charge >= 0.3 is 0 Å². The van der Waals surface area contributed by atoms with E-state index >= 15 is 0 Å². The summed E-state index contributed by atoms with van der Waals surface area (Å²) < 4.78 is 4.27. The third-order valence-electron chi connectivity index (χ3n) is 5.44. The minimum absolute atomic E-state index is 0.415. The van der Waals surface area contributed by atoms with Crippen LogP contribution in [-0.2, 0) is 20.1 Å². The molecule has 1 aliphatic rings. The molecule has 142 valence electrons. The number of aryl methyl sites for hydroxylation is 2. The van der Waals surface area contributed by atoms with E-state index in [1.54, 1.807) is 0 Å². The molecule has 4 heterocycles. The minimum Gasteiger partial charge on any atom is -0.328 e.